The molecule has 1 aliphatic heterocycles. The van der Waals surface area contributed by atoms with Gasteiger partial charge in [0, 0.05) is 6.54 Å². The highest BCUT2D eigenvalue weighted by Crippen LogP contribution is 2.19. The lowest BCUT2D eigenvalue weighted by molar-refractivity contribution is -0.126. The molecule has 5 heteroatoms. The van der Waals surface area contributed by atoms with Crippen molar-refractivity contribution in [3.05, 3.63) is 29.8 Å². The molecule has 1 aromatic carbocycles. The van der Waals surface area contributed by atoms with Crippen LogP contribution in [0.5, 0.6) is 5.75 Å². The van der Waals surface area contributed by atoms with Crippen LogP contribution < -0.4 is 10.6 Å². The lowest BCUT2D eigenvalue weighted by Crippen LogP contribution is -2.41. The minimum atomic E-state index is -0.0773. The first-order chi connectivity index (χ1) is 8.66. The molecule has 1 aromatic rings. The van der Waals surface area contributed by atoms with E-state index in [1.807, 2.05) is 13.0 Å². The monoisotopic (exact) mass is 284 g/mol. The minimum absolute atomic E-state index is 0. The molecule has 0 aliphatic carbocycles. The van der Waals surface area contributed by atoms with Gasteiger partial charge in [0.2, 0.25) is 5.91 Å². The van der Waals surface area contributed by atoms with E-state index >= 15 is 0 Å². The predicted molar refractivity (Wildman–Crippen MR) is 77.5 cm³/mol. The van der Waals surface area contributed by atoms with Crippen LogP contribution in [0, 0.1) is 5.92 Å². The summed E-state index contributed by atoms with van der Waals surface area (Å²) in [5, 5.41) is 15.7. The number of hydrogen-bond donors (Lipinski definition) is 3. The molecule has 0 bridgehead atoms. The average Bonchev–Trinajstić information content (AvgIpc) is 2.39. The van der Waals surface area contributed by atoms with E-state index in [0.717, 1.165) is 31.5 Å². The largest absolute Gasteiger partial charge is 0.508 e. The lowest BCUT2D eigenvalue weighted by Gasteiger charge is -2.24. The van der Waals surface area contributed by atoms with E-state index in [4.69, 9.17) is 0 Å². The van der Waals surface area contributed by atoms with E-state index in [1.165, 1.54) is 0 Å². The number of aromatic hydroxyl groups is 1. The van der Waals surface area contributed by atoms with E-state index in [0.29, 0.717) is 0 Å². The molecular weight excluding hydrogens is 264 g/mol. The van der Waals surface area contributed by atoms with Crippen LogP contribution in [0.3, 0.4) is 0 Å². The maximum atomic E-state index is 12.1. The number of phenolic OH excluding ortho intramolecular Hbond substituents is 1. The molecule has 106 valence electrons. The summed E-state index contributed by atoms with van der Waals surface area (Å²) in [5.41, 5.74) is 0.923. The normalized spacial score (nSPS) is 20.2. The van der Waals surface area contributed by atoms with Crippen molar-refractivity contribution in [1.82, 2.24) is 10.6 Å². The van der Waals surface area contributed by atoms with Gasteiger partial charge in [0.1, 0.15) is 5.75 Å². The maximum Gasteiger partial charge on any atom is 0.224 e. The Hall–Kier alpha value is -1.26. The Labute approximate surface area is 120 Å². The van der Waals surface area contributed by atoms with Crippen molar-refractivity contribution in [2.45, 2.75) is 25.8 Å². The van der Waals surface area contributed by atoms with Gasteiger partial charge in [0.15, 0.2) is 0 Å². The average molecular weight is 285 g/mol. The first-order valence-electron chi connectivity index (χ1n) is 6.47. The highest BCUT2D eigenvalue weighted by molar-refractivity contribution is 5.85. The van der Waals surface area contributed by atoms with Crippen LogP contribution in [0.25, 0.3) is 0 Å². The third-order valence-corrected chi connectivity index (χ3v) is 3.40. The highest BCUT2D eigenvalue weighted by atomic mass is 35.5. The smallest absolute Gasteiger partial charge is 0.224 e. The summed E-state index contributed by atoms with van der Waals surface area (Å²) in [4.78, 5) is 12.1. The standard InChI is InChI=1S/C14H20N2O2.ClH/c1-10(11-4-2-6-13(17)8-11)16-14(18)12-5-3-7-15-9-12;/h2,4,6,8,10,12,15,17H,3,5,7,9H2,1H3,(H,16,18);1H/t10?,12-;/m1./s1. The van der Waals surface area contributed by atoms with Gasteiger partial charge in [-0.1, -0.05) is 12.1 Å². The fraction of sp³-hybridized carbons (Fsp3) is 0.500. The Morgan fingerprint density at radius 3 is 2.95 bits per heavy atom. The molecule has 1 heterocycles. The molecule has 1 unspecified atom stereocenters. The van der Waals surface area contributed by atoms with Crippen molar-refractivity contribution in [1.29, 1.82) is 0 Å². The summed E-state index contributed by atoms with van der Waals surface area (Å²) < 4.78 is 0. The molecular formula is C14H21ClN2O2. The van der Waals surface area contributed by atoms with Gasteiger partial charge in [-0.05, 0) is 44.0 Å². The van der Waals surface area contributed by atoms with Gasteiger partial charge >= 0.3 is 0 Å². The first-order valence-corrected chi connectivity index (χ1v) is 6.47. The SMILES string of the molecule is CC(NC(=O)[C@@H]1CCCNC1)c1cccc(O)c1.Cl. The number of amides is 1. The summed E-state index contributed by atoms with van der Waals surface area (Å²) in [6, 6.07) is 6.93. The Kier molecular flexibility index (Phi) is 6.12. The summed E-state index contributed by atoms with van der Waals surface area (Å²) in [6.45, 7) is 3.70. The number of carbonyl (C=O) groups is 1. The number of carbonyl (C=O) groups excluding carboxylic acids is 1. The molecule has 1 aliphatic rings. The maximum absolute atomic E-state index is 12.1. The van der Waals surface area contributed by atoms with Crippen LogP contribution in [0.4, 0.5) is 0 Å². The molecule has 0 radical (unpaired) electrons. The molecule has 1 fully saturated rings. The highest BCUT2D eigenvalue weighted by Gasteiger charge is 2.22. The second kappa shape index (κ2) is 7.36. The Bertz CT molecular complexity index is 420. The number of phenols is 1. The predicted octanol–water partition coefficient (Wildman–Crippen LogP) is 1.99. The van der Waals surface area contributed by atoms with Crippen molar-refractivity contribution in [2.75, 3.05) is 13.1 Å². The summed E-state index contributed by atoms with van der Waals surface area (Å²) in [6.07, 6.45) is 2.00. The molecule has 19 heavy (non-hydrogen) atoms. The van der Waals surface area contributed by atoms with Crippen LogP contribution in [0.1, 0.15) is 31.4 Å². The Morgan fingerprint density at radius 1 is 1.53 bits per heavy atom. The van der Waals surface area contributed by atoms with Gasteiger partial charge in [-0.2, -0.15) is 0 Å². The van der Waals surface area contributed by atoms with Crippen molar-refractivity contribution in [3.8, 4) is 5.75 Å². The van der Waals surface area contributed by atoms with Gasteiger partial charge in [-0.25, -0.2) is 0 Å². The topological polar surface area (TPSA) is 61.4 Å². The van der Waals surface area contributed by atoms with Gasteiger partial charge < -0.3 is 15.7 Å². The van der Waals surface area contributed by atoms with E-state index < -0.39 is 0 Å². The Balaban J connectivity index is 0.00000180. The minimum Gasteiger partial charge on any atom is -0.508 e. The number of halogens is 1. The fourth-order valence-corrected chi connectivity index (χ4v) is 2.28. The molecule has 1 saturated heterocycles. The second-order valence-electron chi connectivity index (χ2n) is 4.87. The zero-order chi connectivity index (χ0) is 13.0. The van der Waals surface area contributed by atoms with Crippen LogP contribution in [-0.2, 0) is 4.79 Å². The molecule has 2 rings (SSSR count). The number of nitrogens with one attached hydrogen (secondary N) is 2. The van der Waals surface area contributed by atoms with Crippen molar-refractivity contribution >= 4 is 18.3 Å². The number of benzene rings is 1. The molecule has 4 nitrogen and oxygen atoms in total. The van der Waals surface area contributed by atoms with Gasteiger partial charge in [-0.15, -0.1) is 12.4 Å². The van der Waals surface area contributed by atoms with Crippen LogP contribution >= 0.6 is 12.4 Å². The van der Waals surface area contributed by atoms with E-state index in [2.05, 4.69) is 10.6 Å². The molecule has 0 saturated carbocycles. The second-order valence-corrected chi connectivity index (χ2v) is 4.87. The zero-order valence-electron chi connectivity index (χ0n) is 11.1. The van der Waals surface area contributed by atoms with E-state index in [9.17, 15) is 9.90 Å². The third kappa shape index (κ3) is 4.40. The van der Waals surface area contributed by atoms with Crippen LogP contribution in [0.2, 0.25) is 0 Å². The van der Waals surface area contributed by atoms with Gasteiger partial charge in [0.05, 0.1) is 12.0 Å². The molecule has 0 spiro atoms. The number of rotatable bonds is 3. The lowest BCUT2D eigenvalue weighted by atomic mass is 9.98. The Morgan fingerprint density at radius 2 is 2.32 bits per heavy atom. The molecule has 3 N–H and O–H groups in total. The number of piperidine rings is 1. The fourth-order valence-electron chi connectivity index (χ4n) is 2.28. The quantitative estimate of drug-likeness (QED) is 0.795. The van der Waals surface area contributed by atoms with Gasteiger partial charge in [-0.3, -0.25) is 4.79 Å². The van der Waals surface area contributed by atoms with Crippen LogP contribution in [-0.4, -0.2) is 24.1 Å². The van der Waals surface area contributed by atoms with E-state index in [-0.39, 0.29) is 36.0 Å². The number of hydrogen-bond acceptors (Lipinski definition) is 3. The summed E-state index contributed by atoms with van der Waals surface area (Å²) in [5.74, 6) is 0.393. The molecule has 0 aromatic heterocycles. The summed E-state index contributed by atoms with van der Waals surface area (Å²) in [7, 11) is 0. The van der Waals surface area contributed by atoms with Crippen molar-refractivity contribution in [2.24, 2.45) is 5.92 Å². The van der Waals surface area contributed by atoms with Gasteiger partial charge in [0.25, 0.3) is 0 Å². The van der Waals surface area contributed by atoms with E-state index in [1.54, 1.807) is 18.2 Å². The van der Waals surface area contributed by atoms with Crippen molar-refractivity contribution in [3.63, 3.8) is 0 Å². The molecule has 1 amide bonds. The van der Waals surface area contributed by atoms with Crippen molar-refractivity contribution < 1.29 is 9.90 Å². The third-order valence-electron chi connectivity index (χ3n) is 3.40. The van der Waals surface area contributed by atoms with Crippen LogP contribution in [0.15, 0.2) is 24.3 Å². The summed E-state index contributed by atoms with van der Waals surface area (Å²) >= 11 is 0. The first kappa shape index (κ1) is 15.8. The zero-order valence-corrected chi connectivity index (χ0v) is 11.9. The molecule has 2 atom stereocenters.